The lowest BCUT2D eigenvalue weighted by Crippen LogP contribution is -2.29. The van der Waals surface area contributed by atoms with Crippen LogP contribution in [0.1, 0.15) is 19.8 Å². The van der Waals surface area contributed by atoms with Gasteiger partial charge in [0.15, 0.2) is 0 Å². The summed E-state index contributed by atoms with van der Waals surface area (Å²) in [4.78, 5) is 10.1. The molecular weight excluding hydrogens is 282 g/mol. The molecule has 7 heteroatoms. The van der Waals surface area contributed by atoms with Crippen LogP contribution in [0.5, 0.6) is 5.75 Å². The molecule has 1 aromatic rings. The van der Waals surface area contributed by atoms with Crippen molar-refractivity contribution in [1.82, 2.24) is 5.32 Å². The topological polar surface area (TPSA) is 88.2 Å². The van der Waals surface area contributed by atoms with Gasteiger partial charge < -0.3 is 10.1 Å². The van der Waals surface area contributed by atoms with E-state index in [0.717, 1.165) is 13.0 Å². The molecule has 1 aromatic carbocycles. The molecule has 0 radical (unpaired) electrons. The van der Waals surface area contributed by atoms with Crippen molar-refractivity contribution in [2.75, 3.05) is 13.2 Å². The second-order valence-electron chi connectivity index (χ2n) is 4.14. The van der Waals surface area contributed by atoms with E-state index in [0.29, 0.717) is 18.8 Å². The quantitative estimate of drug-likeness (QED) is 0.588. The maximum Gasteiger partial charge on any atom is 0.271 e. The molecule has 0 amide bonds. The predicted octanol–water partition coefficient (Wildman–Crippen LogP) is 2.91. The maximum atomic E-state index is 10.6. The number of hydrogen-bond acceptors (Lipinski definition) is 5. The van der Waals surface area contributed by atoms with Crippen LogP contribution >= 0.6 is 11.6 Å². The summed E-state index contributed by atoms with van der Waals surface area (Å²) in [7, 11) is 0. The molecule has 0 aromatic heterocycles. The number of nitriles is 1. The third kappa shape index (κ3) is 5.03. The molecule has 0 spiro atoms. The molecule has 0 saturated heterocycles. The van der Waals surface area contributed by atoms with Crippen LogP contribution in [0, 0.1) is 21.4 Å². The van der Waals surface area contributed by atoms with E-state index in [9.17, 15) is 10.1 Å². The Balaban J connectivity index is 2.50. The largest absolute Gasteiger partial charge is 0.492 e. The summed E-state index contributed by atoms with van der Waals surface area (Å²) in [6, 6.07) is 5.91. The summed E-state index contributed by atoms with van der Waals surface area (Å²) < 4.78 is 5.44. The number of nitro benzene ring substituents is 1. The first-order valence-electron chi connectivity index (χ1n) is 6.28. The van der Waals surface area contributed by atoms with E-state index in [2.05, 4.69) is 11.4 Å². The molecule has 6 nitrogen and oxygen atoms in total. The van der Waals surface area contributed by atoms with Gasteiger partial charge in [-0.25, -0.2) is 0 Å². The third-order valence-electron chi connectivity index (χ3n) is 2.59. The van der Waals surface area contributed by atoms with Gasteiger partial charge in [0.1, 0.15) is 5.75 Å². The minimum atomic E-state index is -0.518. The minimum Gasteiger partial charge on any atom is -0.492 e. The molecule has 0 heterocycles. The van der Waals surface area contributed by atoms with Gasteiger partial charge in [0.2, 0.25) is 0 Å². The van der Waals surface area contributed by atoms with Crippen molar-refractivity contribution in [3.8, 4) is 11.8 Å². The number of rotatable bonds is 8. The van der Waals surface area contributed by atoms with Crippen molar-refractivity contribution in [1.29, 1.82) is 5.26 Å². The lowest BCUT2D eigenvalue weighted by atomic mass is 10.2. The zero-order valence-corrected chi connectivity index (χ0v) is 11.9. The highest BCUT2D eigenvalue weighted by Gasteiger charge is 2.11. The summed E-state index contributed by atoms with van der Waals surface area (Å²) in [5.41, 5.74) is -0.0816. The van der Waals surface area contributed by atoms with Crippen LogP contribution in [-0.4, -0.2) is 24.1 Å². The van der Waals surface area contributed by atoms with Gasteiger partial charge in [0.25, 0.3) is 5.69 Å². The molecule has 1 N–H and O–H groups in total. The van der Waals surface area contributed by atoms with Gasteiger partial charge in [0.05, 0.1) is 28.7 Å². The number of ether oxygens (including phenoxy) is 1. The van der Waals surface area contributed by atoms with E-state index in [-0.39, 0.29) is 16.8 Å². The van der Waals surface area contributed by atoms with E-state index >= 15 is 0 Å². The van der Waals surface area contributed by atoms with E-state index in [1.165, 1.54) is 18.2 Å². The summed E-state index contributed by atoms with van der Waals surface area (Å²) in [5, 5.41) is 22.8. The Morgan fingerprint density at radius 3 is 2.90 bits per heavy atom. The van der Waals surface area contributed by atoms with Crippen molar-refractivity contribution >= 4 is 17.3 Å². The smallest absolute Gasteiger partial charge is 0.271 e. The van der Waals surface area contributed by atoms with E-state index in [1.807, 2.05) is 6.92 Å². The molecule has 0 fully saturated rings. The number of nitrogens with zero attached hydrogens (tertiary/aromatic N) is 2. The molecule has 1 atom stereocenters. The molecule has 20 heavy (non-hydrogen) atoms. The highest BCUT2D eigenvalue weighted by atomic mass is 35.5. The van der Waals surface area contributed by atoms with Gasteiger partial charge in [-0.05, 0) is 19.0 Å². The molecule has 0 bridgehead atoms. The molecule has 1 unspecified atom stereocenters. The fraction of sp³-hybridized carbons (Fsp3) is 0.462. The normalized spacial score (nSPS) is 11.7. The summed E-state index contributed by atoms with van der Waals surface area (Å²) in [6.07, 6.45) is 1.47. The number of non-ortho nitro benzene ring substituents is 1. The average molecular weight is 298 g/mol. The number of nitrogens with one attached hydrogen (secondary N) is 1. The van der Waals surface area contributed by atoms with Gasteiger partial charge in [-0.2, -0.15) is 5.26 Å². The third-order valence-corrected chi connectivity index (χ3v) is 2.88. The number of hydrogen-bond donors (Lipinski definition) is 1. The first-order valence-corrected chi connectivity index (χ1v) is 6.66. The maximum absolute atomic E-state index is 10.6. The second kappa shape index (κ2) is 8.35. The van der Waals surface area contributed by atoms with Crippen LogP contribution in [0.15, 0.2) is 18.2 Å². The molecule has 0 saturated carbocycles. The van der Waals surface area contributed by atoms with E-state index in [1.54, 1.807) is 0 Å². The zero-order valence-electron chi connectivity index (χ0n) is 11.1. The molecule has 0 aliphatic rings. The highest BCUT2D eigenvalue weighted by Crippen LogP contribution is 2.28. The van der Waals surface area contributed by atoms with Gasteiger partial charge in [0, 0.05) is 18.6 Å². The molecule has 0 aliphatic heterocycles. The van der Waals surface area contributed by atoms with Crippen LogP contribution in [0.4, 0.5) is 5.69 Å². The van der Waals surface area contributed by atoms with Crippen LogP contribution < -0.4 is 10.1 Å². The fourth-order valence-electron chi connectivity index (χ4n) is 1.54. The van der Waals surface area contributed by atoms with E-state index < -0.39 is 4.92 Å². The molecular formula is C13H16ClN3O3. The molecule has 1 rings (SSSR count). The standard InChI is InChI=1S/C13H16ClN3O3/c1-2-6-16-10(9-15)5-7-20-13-4-3-11(17(18)19)8-12(13)14/h3-4,8,10,16H,2,5-7H2,1H3. The predicted molar refractivity (Wildman–Crippen MR) is 75.9 cm³/mol. The number of benzene rings is 1. The van der Waals surface area contributed by atoms with Crippen molar-refractivity contribution in [2.24, 2.45) is 0 Å². The van der Waals surface area contributed by atoms with Crippen LogP contribution in [0.25, 0.3) is 0 Å². The minimum absolute atomic E-state index is 0.0816. The first kappa shape index (κ1) is 16.2. The number of halogens is 1. The van der Waals surface area contributed by atoms with Crippen molar-refractivity contribution < 1.29 is 9.66 Å². The Morgan fingerprint density at radius 1 is 1.60 bits per heavy atom. The van der Waals surface area contributed by atoms with Gasteiger partial charge in [-0.1, -0.05) is 18.5 Å². The Morgan fingerprint density at radius 2 is 2.35 bits per heavy atom. The Labute approximate surface area is 122 Å². The lowest BCUT2D eigenvalue weighted by molar-refractivity contribution is -0.384. The molecule has 0 aliphatic carbocycles. The average Bonchev–Trinajstić information content (AvgIpc) is 2.43. The van der Waals surface area contributed by atoms with Crippen molar-refractivity contribution in [3.63, 3.8) is 0 Å². The first-order chi connectivity index (χ1) is 9.58. The highest BCUT2D eigenvalue weighted by molar-refractivity contribution is 6.32. The van der Waals surface area contributed by atoms with Gasteiger partial charge in [-0.15, -0.1) is 0 Å². The summed E-state index contributed by atoms with van der Waals surface area (Å²) in [6.45, 7) is 3.11. The lowest BCUT2D eigenvalue weighted by Gasteiger charge is -2.12. The Bertz CT molecular complexity index is 502. The van der Waals surface area contributed by atoms with Crippen LogP contribution in [0.3, 0.4) is 0 Å². The second-order valence-corrected chi connectivity index (χ2v) is 4.55. The van der Waals surface area contributed by atoms with Crippen molar-refractivity contribution in [3.05, 3.63) is 33.3 Å². The number of nitro groups is 1. The van der Waals surface area contributed by atoms with Crippen LogP contribution in [-0.2, 0) is 0 Å². The summed E-state index contributed by atoms with van der Waals surface area (Å²) in [5.74, 6) is 0.379. The van der Waals surface area contributed by atoms with E-state index in [4.69, 9.17) is 21.6 Å². The van der Waals surface area contributed by atoms with Crippen LogP contribution in [0.2, 0.25) is 5.02 Å². The van der Waals surface area contributed by atoms with Gasteiger partial charge in [-0.3, -0.25) is 10.1 Å². The SMILES string of the molecule is CCCNC(C#N)CCOc1ccc([N+](=O)[O-])cc1Cl. The summed E-state index contributed by atoms with van der Waals surface area (Å²) >= 11 is 5.90. The monoisotopic (exact) mass is 297 g/mol. The van der Waals surface area contributed by atoms with Gasteiger partial charge >= 0.3 is 0 Å². The zero-order chi connectivity index (χ0) is 15.0. The van der Waals surface area contributed by atoms with Crippen molar-refractivity contribution in [2.45, 2.75) is 25.8 Å². The Kier molecular flexibility index (Phi) is 6.77. The fourth-order valence-corrected chi connectivity index (χ4v) is 1.77. The Hall–Kier alpha value is -1.84. The molecule has 108 valence electrons.